The summed E-state index contributed by atoms with van der Waals surface area (Å²) in [6.07, 6.45) is 0.268. The number of thiocarbonyl (C=S) groups is 1. The van der Waals surface area contributed by atoms with Crippen molar-refractivity contribution in [3.05, 3.63) is 83.1 Å². The lowest BCUT2D eigenvalue weighted by molar-refractivity contribution is -0.285. The van der Waals surface area contributed by atoms with Gasteiger partial charge in [-0.05, 0) is 63.0 Å². The van der Waals surface area contributed by atoms with Gasteiger partial charge >= 0.3 is 6.09 Å². The van der Waals surface area contributed by atoms with E-state index in [1.54, 1.807) is 4.90 Å². The highest BCUT2D eigenvalue weighted by molar-refractivity contribution is 7.80. The van der Waals surface area contributed by atoms with Crippen molar-refractivity contribution in [1.82, 2.24) is 15.5 Å². The molecule has 7 nitrogen and oxygen atoms in total. The second-order valence-electron chi connectivity index (χ2n) is 9.26. The van der Waals surface area contributed by atoms with E-state index in [0.717, 1.165) is 22.4 Å². The molecule has 3 rings (SSSR count). The number of hydrogen-bond acceptors (Lipinski definition) is 5. The molecule has 0 radical (unpaired) electrons. The lowest BCUT2D eigenvalue weighted by atomic mass is 9.99. The van der Waals surface area contributed by atoms with E-state index in [4.69, 9.17) is 26.7 Å². The van der Waals surface area contributed by atoms with Crippen LogP contribution in [0.1, 0.15) is 51.3 Å². The zero-order chi connectivity index (χ0) is 25.3. The van der Waals surface area contributed by atoms with Gasteiger partial charge in [0.25, 0.3) is 0 Å². The molecular formula is C27H35N3O4S. The molecule has 188 valence electrons. The number of ether oxygens (including phenoxy) is 1. The average molecular weight is 498 g/mol. The SMILES string of the molecule is CCOOCC1=C(NC(=S)NC(c2ccccc2)c2ccccc2)CN(C(=O)OC(C)(C)C)CC1. The van der Waals surface area contributed by atoms with Gasteiger partial charge in [-0.25, -0.2) is 14.6 Å². The van der Waals surface area contributed by atoms with Gasteiger partial charge < -0.3 is 20.3 Å². The molecule has 0 saturated heterocycles. The molecule has 0 fully saturated rings. The predicted molar refractivity (Wildman–Crippen MR) is 141 cm³/mol. The van der Waals surface area contributed by atoms with Crippen LogP contribution in [0, 0.1) is 0 Å². The molecule has 0 aromatic heterocycles. The van der Waals surface area contributed by atoms with Gasteiger partial charge in [-0.2, -0.15) is 0 Å². The number of carbonyl (C=O) groups excluding carboxylic acids is 1. The first-order chi connectivity index (χ1) is 16.8. The highest BCUT2D eigenvalue weighted by atomic mass is 32.1. The smallest absolute Gasteiger partial charge is 0.410 e. The summed E-state index contributed by atoms with van der Waals surface area (Å²) in [4.78, 5) is 24.8. The Kier molecular flexibility index (Phi) is 9.65. The maximum absolute atomic E-state index is 12.7. The van der Waals surface area contributed by atoms with Crippen LogP contribution in [0.25, 0.3) is 0 Å². The van der Waals surface area contributed by atoms with E-state index in [9.17, 15) is 4.79 Å². The maximum Gasteiger partial charge on any atom is 0.410 e. The molecule has 0 atom stereocenters. The van der Waals surface area contributed by atoms with E-state index in [2.05, 4.69) is 34.9 Å². The second kappa shape index (κ2) is 12.7. The van der Waals surface area contributed by atoms with Gasteiger partial charge in [0.2, 0.25) is 0 Å². The molecule has 2 N–H and O–H groups in total. The molecule has 0 saturated carbocycles. The molecule has 1 aliphatic rings. The summed E-state index contributed by atoms with van der Waals surface area (Å²) in [7, 11) is 0. The first kappa shape index (κ1) is 26.7. The van der Waals surface area contributed by atoms with Crippen molar-refractivity contribution in [2.75, 3.05) is 26.3 Å². The molecule has 0 bridgehead atoms. The second-order valence-corrected chi connectivity index (χ2v) is 9.66. The van der Waals surface area contributed by atoms with Crippen LogP contribution in [0.3, 0.4) is 0 Å². The third-order valence-electron chi connectivity index (χ3n) is 5.35. The minimum Gasteiger partial charge on any atom is -0.444 e. The molecule has 1 aliphatic heterocycles. The Morgan fingerprint density at radius 3 is 2.17 bits per heavy atom. The van der Waals surface area contributed by atoms with Crippen LogP contribution in [0.2, 0.25) is 0 Å². The fraction of sp³-hybridized carbons (Fsp3) is 0.407. The van der Waals surface area contributed by atoms with Crippen molar-refractivity contribution in [2.24, 2.45) is 0 Å². The maximum atomic E-state index is 12.7. The Hall–Kier alpha value is -2.94. The molecule has 2 aromatic carbocycles. The normalized spacial score (nSPS) is 14.1. The standard InChI is InChI=1S/C27H35N3O4S/c1-5-32-33-19-22-16-17-30(26(31)34-27(2,3)4)18-23(22)28-25(35)29-24(20-12-8-6-9-13-20)21-14-10-7-11-15-21/h6-15,24H,5,16-19H2,1-4H3,(H2,28,29,35). The Morgan fingerprint density at radius 2 is 1.63 bits per heavy atom. The molecule has 0 spiro atoms. The monoisotopic (exact) mass is 497 g/mol. The molecular weight excluding hydrogens is 462 g/mol. The number of amides is 1. The summed E-state index contributed by atoms with van der Waals surface area (Å²) in [5.74, 6) is 0. The van der Waals surface area contributed by atoms with E-state index in [1.807, 2.05) is 64.1 Å². The molecule has 0 unspecified atom stereocenters. The Morgan fingerprint density at radius 1 is 1.03 bits per heavy atom. The van der Waals surface area contributed by atoms with E-state index >= 15 is 0 Å². The average Bonchev–Trinajstić information content (AvgIpc) is 2.83. The molecule has 2 aromatic rings. The fourth-order valence-corrected chi connectivity index (χ4v) is 3.96. The predicted octanol–water partition coefficient (Wildman–Crippen LogP) is 5.10. The van der Waals surface area contributed by atoms with Crippen LogP contribution in [-0.2, 0) is 14.5 Å². The fourth-order valence-electron chi connectivity index (χ4n) is 3.72. The summed E-state index contributed by atoms with van der Waals surface area (Å²) in [5.41, 5.74) is 3.42. The topological polar surface area (TPSA) is 72.1 Å². The third-order valence-corrected chi connectivity index (χ3v) is 5.57. The van der Waals surface area contributed by atoms with Gasteiger partial charge in [0.1, 0.15) is 12.2 Å². The zero-order valence-corrected chi connectivity index (χ0v) is 21.7. The largest absolute Gasteiger partial charge is 0.444 e. The van der Waals surface area contributed by atoms with Gasteiger partial charge in [-0.15, -0.1) is 0 Å². The number of hydrogen-bond donors (Lipinski definition) is 2. The van der Waals surface area contributed by atoms with Gasteiger partial charge in [0.05, 0.1) is 19.2 Å². The minimum absolute atomic E-state index is 0.133. The Bertz CT molecular complexity index is 967. The zero-order valence-electron chi connectivity index (χ0n) is 20.9. The van der Waals surface area contributed by atoms with Crippen molar-refractivity contribution in [3.8, 4) is 0 Å². The lowest BCUT2D eigenvalue weighted by Crippen LogP contribution is -2.46. The number of rotatable bonds is 8. The van der Waals surface area contributed by atoms with E-state index < -0.39 is 5.60 Å². The van der Waals surface area contributed by atoms with Gasteiger partial charge in [0, 0.05) is 12.2 Å². The highest BCUT2D eigenvalue weighted by Gasteiger charge is 2.28. The molecule has 1 heterocycles. The van der Waals surface area contributed by atoms with Crippen LogP contribution >= 0.6 is 12.2 Å². The highest BCUT2D eigenvalue weighted by Crippen LogP contribution is 2.23. The van der Waals surface area contributed by atoms with E-state index in [1.165, 1.54) is 0 Å². The minimum atomic E-state index is -0.567. The molecule has 8 heteroatoms. The number of nitrogens with zero attached hydrogens (tertiary/aromatic N) is 1. The summed E-state index contributed by atoms with van der Waals surface area (Å²) >= 11 is 5.73. The molecule has 1 amide bonds. The van der Waals surface area contributed by atoms with Gasteiger partial charge in [-0.3, -0.25) is 0 Å². The Balaban J connectivity index is 1.78. The molecule has 0 aliphatic carbocycles. The van der Waals surface area contributed by atoms with Crippen LogP contribution in [0.4, 0.5) is 4.79 Å². The Labute approximate surface area is 213 Å². The van der Waals surface area contributed by atoms with Crippen LogP contribution in [0.15, 0.2) is 71.9 Å². The van der Waals surface area contributed by atoms with Crippen LogP contribution < -0.4 is 10.6 Å². The lowest BCUT2D eigenvalue weighted by Gasteiger charge is -2.33. The van der Waals surface area contributed by atoms with Crippen molar-refractivity contribution >= 4 is 23.4 Å². The van der Waals surface area contributed by atoms with Gasteiger partial charge in [0.15, 0.2) is 5.11 Å². The summed E-state index contributed by atoms with van der Waals surface area (Å²) in [6.45, 7) is 9.06. The third kappa shape index (κ3) is 8.35. The first-order valence-corrected chi connectivity index (χ1v) is 12.3. The van der Waals surface area contributed by atoms with Crippen molar-refractivity contribution in [2.45, 2.75) is 45.8 Å². The summed E-state index contributed by atoms with van der Waals surface area (Å²) in [6, 6.07) is 20.2. The first-order valence-electron chi connectivity index (χ1n) is 11.9. The van der Waals surface area contributed by atoms with Crippen molar-refractivity contribution in [3.63, 3.8) is 0 Å². The van der Waals surface area contributed by atoms with E-state index in [0.29, 0.717) is 37.8 Å². The molecule has 35 heavy (non-hydrogen) atoms. The van der Waals surface area contributed by atoms with Crippen LogP contribution in [-0.4, -0.2) is 48.0 Å². The number of nitrogens with one attached hydrogen (secondary N) is 2. The quantitative estimate of drug-likeness (QED) is 0.227. The van der Waals surface area contributed by atoms with Crippen molar-refractivity contribution < 1.29 is 19.3 Å². The van der Waals surface area contributed by atoms with Crippen LogP contribution in [0.5, 0.6) is 0 Å². The van der Waals surface area contributed by atoms with Crippen molar-refractivity contribution in [1.29, 1.82) is 0 Å². The van der Waals surface area contributed by atoms with Gasteiger partial charge in [-0.1, -0.05) is 60.7 Å². The number of carbonyl (C=O) groups is 1. The van der Waals surface area contributed by atoms with E-state index in [-0.39, 0.29) is 12.1 Å². The summed E-state index contributed by atoms with van der Waals surface area (Å²) < 4.78 is 5.58. The summed E-state index contributed by atoms with van der Waals surface area (Å²) in [5, 5.41) is 7.23. The number of benzene rings is 2.